The highest BCUT2D eigenvalue weighted by Crippen LogP contribution is 2.17. The highest BCUT2D eigenvalue weighted by atomic mass is 35.5. The number of likely N-dealkylation sites (tertiary alicyclic amines) is 1. The van der Waals surface area contributed by atoms with E-state index in [1.165, 1.54) is 0 Å². The number of amides is 2. The second-order valence-corrected chi connectivity index (χ2v) is 5.46. The molecule has 0 aromatic heterocycles. The second kappa shape index (κ2) is 9.06. The Bertz CT molecular complexity index is 314. The Labute approximate surface area is 126 Å². The number of hydrogen-bond donors (Lipinski definition) is 1. The number of nitrogens with zero attached hydrogens (tertiary/aromatic N) is 1. The number of alkyl carbamates (subject to hydrolysis) is 1. The summed E-state index contributed by atoms with van der Waals surface area (Å²) in [5.41, 5.74) is 0. The fraction of sp³-hybridized carbons (Fsp3) is 0.857. The molecule has 0 aliphatic carbocycles. The van der Waals surface area contributed by atoms with Crippen LogP contribution in [0.2, 0.25) is 0 Å². The average molecular weight is 305 g/mol. The monoisotopic (exact) mass is 304 g/mol. The maximum absolute atomic E-state index is 12.2. The molecule has 116 valence electrons. The molecule has 1 fully saturated rings. The van der Waals surface area contributed by atoms with Gasteiger partial charge in [-0.05, 0) is 25.7 Å². The molecular weight excluding hydrogens is 280 g/mol. The summed E-state index contributed by atoms with van der Waals surface area (Å²) < 4.78 is 4.88. The Morgan fingerprint density at radius 2 is 1.90 bits per heavy atom. The predicted octanol–water partition coefficient (Wildman–Crippen LogP) is 2.38. The van der Waals surface area contributed by atoms with Crippen molar-refractivity contribution < 1.29 is 14.3 Å². The fourth-order valence-corrected chi connectivity index (χ4v) is 2.56. The lowest BCUT2D eigenvalue weighted by atomic mass is 9.98. The van der Waals surface area contributed by atoms with Crippen LogP contribution in [0.4, 0.5) is 4.79 Å². The summed E-state index contributed by atoms with van der Waals surface area (Å²) in [6.45, 7) is 5.73. The molecule has 0 saturated carbocycles. The van der Waals surface area contributed by atoms with Crippen LogP contribution in [0.15, 0.2) is 0 Å². The molecule has 0 unspecified atom stereocenters. The molecule has 1 saturated heterocycles. The molecule has 0 bridgehead atoms. The molecule has 0 atom stereocenters. The van der Waals surface area contributed by atoms with Crippen LogP contribution in [-0.4, -0.2) is 48.5 Å². The zero-order valence-corrected chi connectivity index (χ0v) is 13.1. The van der Waals surface area contributed by atoms with Crippen molar-refractivity contribution in [1.29, 1.82) is 0 Å². The molecule has 5 nitrogen and oxygen atoms in total. The molecule has 6 heteroatoms. The third kappa shape index (κ3) is 5.19. The summed E-state index contributed by atoms with van der Waals surface area (Å²) >= 11 is 5.45. The standard InChI is InChI=1S/C14H25ClN2O3/c1-3-11(4-2)13(18)17-8-5-12(6-9-17)16-14(19)20-10-7-15/h11-12H,3-10H2,1-2H3,(H,16,19). The van der Waals surface area contributed by atoms with Gasteiger partial charge in [-0.3, -0.25) is 4.79 Å². The summed E-state index contributed by atoms with van der Waals surface area (Å²) in [4.78, 5) is 25.6. The lowest BCUT2D eigenvalue weighted by Crippen LogP contribution is -2.48. The molecule has 2 amide bonds. The van der Waals surface area contributed by atoms with Crippen molar-refractivity contribution in [2.75, 3.05) is 25.6 Å². The number of rotatable bonds is 6. The van der Waals surface area contributed by atoms with Gasteiger partial charge in [0.05, 0.1) is 5.88 Å². The molecular formula is C14H25ClN2O3. The smallest absolute Gasteiger partial charge is 0.407 e. The normalized spacial score (nSPS) is 16.3. The highest BCUT2D eigenvalue weighted by molar-refractivity contribution is 6.18. The van der Waals surface area contributed by atoms with Crippen LogP contribution in [0.1, 0.15) is 39.5 Å². The molecule has 0 aromatic rings. The van der Waals surface area contributed by atoms with Gasteiger partial charge in [-0.15, -0.1) is 11.6 Å². The number of hydrogen-bond acceptors (Lipinski definition) is 3. The third-order valence-electron chi connectivity index (χ3n) is 3.77. The third-order valence-corrected chi connectivity index (χ3v) is 3.93. The Hall–Kier alpha value is -0.970. The predicted molar refractivity (Wildman–Crippen MR) is 78.9 cm³/mol. The maximum Gasteiger partial charge on any atom is 0.407 e. The molecule has 1 aliphatic heterocycles. The van der Waals surface area contributed by atoms with Gasteiger partial charge >= 0.3 is 6.09 Å². The Morgan fingerprint density at radius 3 is 2.40 bits per heavy atom. The zero-order valence-electron chi connectivity index (χ0n) is 12.4. The average Bonchev–Trinajstić information content (AvgIpc) is 2.47. The fourth-order valence-electron chi connectivity index (χ4n) is 2.48. The second-order valence-electron chi connectivity index (χ2n) is 5.08. The first-order valence-electron chi connectivity index (χ1n) is 7.40. The summed E-state index contributed by atoms with van der Waals surface area (Å²) in [5, 5.41) is 2.81. The van der Waals surface area contributed by atoms with Gasteiger partial charge in [-0.2, -0.15) is 0 Å². The van der Waals surface area contributed by atoms with Gasteiger partial charge in [-0.1, -0.05) is 13.8 Å². The van der Waals surface area contributed by atoms with E-state index in [0.717, 1.165) is 25.7 Å². The van der Waals surface area contributed by atoms with E-state index in [1.54, 1.807) is 0 Å². The summed E-state index contributed by atoms with van der Waals surface area (Å²) in [7, 11) is 0. The lowest BCUT2D eigenvalue weighted by Gasteiger charge is -2.34. The Morgan fingerprint density at radius 1 is 1.30 bits per heavy atom. The minimum atomic E-state index is -0.421. The molecule has 20 heavy (non-hydrogen) atoms. The van der Waals surface area contributed by atoms with E-state index in [0.29, 0.717) is 19.0 Å². The van der Waals surface area contributed by atoms with Crippen LogP contribution in [0.3, 0.4) is 0 Å². The van der Waals surface area contributed by atoms with E-state index in [1.807, 2.05) is 18.7 Å². The lowest BCUT2D eigenvalue weighted by molar-refractivity contribution is -0.136. The van der Waals surface area contributed by atoms with E-state index in [2.05, 4.69) is 5.32 Å². The minimum Gasteiger partial charge on any atom is -0.448 e. The number of alkyl halides is 1. The number of halogens is 1. The summed E-state index contributed by atoms with van der Waals surface area (Å²) in [6.07, 6.45) is 2.91. The van der Waals surface area contributed by atoms with Gasteiger partial charge in [-0.25, -0.2) is 4.79 Å². The first kappa shape index (κ1) is 17.1. The van der Waals surface area contributed by atoms with Gasteiger partial charge in [0.2, 0.25) is 5.91 Å². The number of nitrogens with one attached hydrogen (secondary N) is 1. The van der Waals surface area contributed by atoms with Crippen LogP contribution in [-0.2, 0) is 9.53 Å². The van der Waals surface area contributed by atoms with Crippen LogP contribution in [0, 0.1) is 5.92 Å². The van der Waals surface area contributed by atoms with Crippen molar-refractivity contribution in [1.82, 2.24) is 10.2 Å². The largest absolute Gasteiger partial charge is 0.448 e. The Balaban J connectivity index is 2.32. The SMILES string of the molecule is CCC(CC)C(=O)N1CCC(NC(=O)OCCCl)CC1. The van der Waals surface area contributed by atoms with Crippen molar-refractivity contribution in [3.05, 3.63) is 0 Å². The molecule has 0 radical (unpaired) electrons. The number of carbonyl (C=O) groups is 2. The van der Waals surface area contributed by atoms with E-state index >= 15 is 0 Å². The molecule has 1 N–H and O–H groups in total. The maximum atomic E-state index is 12.2. The molecule has 1 aliphatic rings. The quantitative estimate of drug-likeness (QED) is 0.767. The van der Waals surface area contributed by atoms with Crippen LogP contribution in [0.5, 0.6) is 0 Å². The molecule has 0 aromatic carbocycles. The van der Waals surface area contributed by atoms with Crippen molar-refractivity contribution in [3.63, 3.8) is 0 Å². The van der Waals surface area contributed by atoms with Gasteiger partial charge in [0.15, 0.2) is 0 Å². The van der Waals surface area contributed by atoms with Crippen molar-refractivity contribution in [3.8, 4) is 0 Å². The van der Waals surface area contributed by atoms with E-state index in [9.17, 15) is 9.59 Å². The first-order chi connectivity index (χ1) is 9.62. The highest BCUT2D eigenvalue weighted by Gasteiger charge is 2.27. The number of carbonyl (C=O) groups excluding carboxylic acids is 2. The topological polar surface area (TPSA) is 58.6 Å². The van der Waals surface area contributed by atoms with Gasteiger partial charge in [0.1, 0.15) is 6.61 Å². The summed E-state index contributed by atoms with van der Waals surface area (Å²) in [5.74, 6) is 0.682. The van der Waals surface area contributed by atoms with Gasteiger partial charge in [0, 0.05) is 25.0 Å². The zero-order chi connectivity index (χ0) is 15.0. The number of piperidine rings is 1. The molecule has 0 spiro atoms. The summed E-state index contributed by atoms with van der Waals surface area (Å²) in [6, 6.07) is 0.0866. The van der Waals surface area contributed by atoms with Crippen molar-refractivity contribution in [2.24, 2.45) is 5.92 Å². The van der Waals surface area contributed by atoms with E-state index in [-0.39, 0.29) is 24.5 Å². The van der Waals surface area contributed by atoms with Gasteiger partial charge < -0.3 is 15.0 Å². The van der Waals surface area contributed by atoms with Crippen LogP contribution < -0.4 is 5.32 Å². The molecule has 1 rings (SSSR count). The van der Waals surface area contributed by atoms with Crippen LogP contribution >= 0.6 is 11.6 Å². The van der Waals surface area contributed by atoms with Crippen molar-refractivity contribution >= 4 is 23.6 Å². The number of ether oxygens (including phenoxy) is 1. The van der Waals surface area contributed by atoms with Crippen molar-refractivity contribution in [2.45, 2.75) is 45.6 Å². The van der Waals surface area contributed by atoms with E-state index in [4.69, 9.17) is 16.3 Å². The molecule has 1 heterocycles. The minimum absolute atomic E-state index is 0.0866. The first-order valence-corrected chi connectivity index (χ1v) is 7.93. The van der Waals surface area contributed by atoms with Crippen LogP contribution in [0.25, 0.3) is 0 Å². The Kier molecular flexibility index (Phi) is 7.73. The van der Waals surface area contributed by atoms with E-state index < -0.39 is 6.09 Å². The van der Waals surface area contributed by atoms with Gasteiger partial charge in [0.25, 0.3) is 0 Å².